The van der Waals surface area contributed by atoms with E-state index < -0.39 is 0 Å². The maximum atomic E-state index is 6.53. The monoisotopic (exact) mass is 600 g/mol. The van der Waals surface area contributed by atoms with E-state index in [0.717, 1.165) is 77.3 Å². The normalized spacial score (nSPS) is 13.4. The van der Waals surface area contributed by atoms with Gasteiger partial charge in [0.1, 0.15) is 16.9 Å². The lowest BCUT2D eigenvalue weighted by Crippen LogP contribution is -2.07. The molecule has 220 valence electrons. The summed E-state index contributed by atoms with van der Waals surface area (Å²) in [5, 5.41) is 6.66. The number of aliphatic imine (C=N–C) groups is 2. The van der Waals surface area contributed by atoms with Crippen molar-refractivity contribution in [3.05, 3.63) is 180 Å². The Morgan fingerprint density at radius 1 is 0.511 bits per heavy atom. The number of benzene rings is 7. The topological polar surface area (TPSA) is 37.9 Å². The van der Waals surface area contributed by atoms with Gasteiger partial charge in [0.2, 0.25) is 0 Å². The van der Waals surface area contributed by atoms with Crippen LogP contribution in [0.5, 0.6) is 0 Å². The average Bonchev–Trinajstić information content (AvgIpc) is 3.43. The Morgan fingerprint density at radius 2 is 1.19 bits per heavy atom. The molecule has 1 aromatic heterocycles. The Kier molecular flexibility index (Phi) is 6.31. The van der Waals surface area contributed by atoms with Crippen molar-refractivity contribution in [2.24, 2.45) is 9.98 Å². The van der Waals surface area contributed by atoms with Crippen LogP contribution in [0.4, 0.5) is 0 Å². The van der Waals surface area contributed by atoms with E-state index in [4.69, 9.17) is 14.4 Å². The van der Waals surface area contributed by atoms with E-state index in [0.29, 0.717) is 5.84 Å². The van der Waals surface area contributed by atoms with Gasteiger partial charge < -0.3 is 4.42 Å². The molecule has 47 heavy (non-hydrogen) atoms. The van der Waals surface area contributed by atoms with E-state index in [2.05, 4.69) is 146 Å². The fourth-order valence-corrected chi connectivity index (χ4v) is 6.65. The van der Waals surface area contributed by atoms with Gasteiger partial charge in [0.05, 0.1) is 5.71 Å². The summed E-state index contributed by atoms with van der Waals surface area (Å²) in [4.78, 5) is 10.6. The number of hydrogen-bond donors (Lipinski definition) is 0. The molecule has 8 aromatic rings. The predicted molar refractivity (Wildman–Crippen MR) is 196 cm³/mol. The van der Waals surface area contributed by atoms with Gasteiger partial charge in [-0.05, 0) is 52.4 Å². The van der Waals surface area contributed by atoms with Crippen molar-refractivity contribution >= 4 is 60.7 Å². The van der Waals surface area contributed by atoms with E-state index in [1.165, 1.54) is 10.9 Å². The van der Waals surface area contributed by atoms with Gasteiger partial charge in [0.15, 0.2) is 5.84 Å². The summed E-state index contributed by atoms with van der Waals surface area (Å²) in [6.45, 7) is 2.07. The number of amidine groups is 1. The van der Waals surface area contributed by atoms with E-state index in [9.17, 15) is 0 Å². The molecule has 0 N–H and O–H groups in total. The molecular weight excluding hydrogens is 572 g/mol. The molecule has 9 rings (SSSR count). The molecule has 0 saturated heterocycles. The number of hydrogen-bond acceptors (Lipinski definition) is 3. The van der Waals surface area contributed by atoms with Crippen LogP contribution in [0, 0.1) is 0 Å². The van der Waals surface area contributed by atoms with Crippen LogP contribution in [0.25, 0.3) is 60.3 Å². The van der Waals surface area contributed by atoms with Crippen molar-refractivity contribution in [2.75, 3.05) is 0 Å². The molecular formula is C44H28N2O. The highest BCUT2D eigenvalue weighted by Crippen LogP contribution is 2.38. The molecule has 1 aliphatic heterocycles. The Morgan fingerprint density at radius 3 is 2.04 bits per heavy atom. The second kappa shape index (κ2) is 11.0. The number of rotatable bonds is 4. The van der Waals surface area contributed by atoms with Crippen LogP contribution >= 0.6 is 0 Å². The molecule has 0 spiro atoms. The maximum Gasteiger partial charge on any atom is 0.161 e. The molecule has 0 aliphatic carbocycles. The molecule has 0 radical (unpaired) electrons. The minimum Gasteiger partial charge on any atom is -0.455 e. The standard InChI is InChI=1S/C44H28N2O/c1-28-26-39(37-16-9-17-40-41(37)38-25-24-32-13-7-8-15-36(32)43(38)47-40)45-44(35-23-20-30-12-5-6-14-34(30)27-35)46-42(28)33-21-18-31(19-22-33)29-10-3-2-4-11-29/h2-25,27H,1H3. The fourth-order valence-electron chi connectivity index (χ4n) is 6.65. The first-order chi connectivity index (χ1) is 23.2. The number of allylic oxidation sites excluding steroid dienone is 1. The average molecular weight is 601 g/mol. The van der Waals surface area contributed by atoms with Crippen molar-refractivity contribution in [1.82, 2.24) is 0 Å². The van der Waals surface area contributed by atoms with Crippen LogP contribution in [-0.2, 0) is 0 Å². The van der Waals surface area contributed by atoms with E-state index >= 15 is 0 Å². The molecule has 0 atom stereocenters. The highest BCUT2D eigenvalue weighted by molar-refractivity contribution is 6.23. The summed E-state index contributed by atoms with van der Waals surface area (Å²) >= 11 is 0. The third kappa shape index (κ3) is 4.69. The largest absolute Gasteiger partial charge is 0.455 e. The zero-order valence-corrected chi connectivity index (χ0v) is 25.7. The highest BCUT2D eigenvalue weighted by Gasteiger charge is 2.20. The van der Waals surface area contributed by atoms with Gasteiger partial charge in [0, 0.05) is 38.4 Å². The summed E-state index contributed by atoms with van der Waals surface area (Å²) in [6.07, 6.45) is 0. The second-order valence-corrected chi connectivity index (χ2v) is 11.9. The molecule has 3 heteroatoms. The van der Waals surface area contributed by atoms with Gasteiger partial charge >= 0.3 is 0 Å². The van der Waals surface area contributed by atoms with Crippen LogP contribution in [0.3, 0.4) is 0 Å². The fraction of sp³-hybridized carbons (Fsp3) is 0.0227. The lowest BCUT2D eigenvalue weighted by atomic mass is 9.98. The first-order valence-electron chi connectivity index (χ1n) is 15.8. The lowest BCUT2D eigenvalue weighted by Gasteiger charge is -2.09. The summed E-state index contributed by atoms with van der Waals surface area (Å²) in [7, 11) is 0. The van der Waals surface area contributed by atoms with Crippen LogP contribution in [0.1, 0.15) is 23.6 Å². The molecule has 1 aliphatic rings. The van der Waals surface area contributed by atoms with Crippen molar-refractivity contribution < 1.29 is 4.42 Å². The summed E-state index contributed by atoms with van der Waals surface area (Å²) in [5.74, 6) is 0.646. The van der Waals surface area contributed by atoms with Gasteiger partial charge in [-0.3, -0.25) is 0 Å². The molecule has 2 heterocycles. The lowest BCUT2D eigenvalue weighted by molar-refractivity contribution is 0.672. The van der Waals surface area contributed by atoms with Crippen LogP contribution in [0.15, 0.2) is 177 Å². The Bertz CT molecular complexity index is 2650. The minimum atomic E-state index is 0.646. The van der Waals surface area contributed by atoms with Crippen LogP contribution in [0.2, 0.25) is 0 Å². The third-order valence-electron chi connectivity index (χ3n) is 9.01. The van der Waals surface area contributed by atoms with Gasteiger partial charge in [0.25, 0.3) is 0 Å². The number of fused-ring (bicyclic) bond motifs is 6. The molecule has 7 aromatic carbocycles. The first-order valence-corrected chi connectivity index (χ1v) is 15.8. The van der Waals surface area contributed by atoms with Gasteiger partial charge in [-0.25, -0.2) is 9.98 Å². The zero-order valence-electron chi connectivity index (χ0n) is 25.7. The SMILES string of the molecule is CC1=C=C(c2cccc3oc4c5ccccc5ccc4c23)N=C(c2ccc3ccccc3c2)N=C1c1ccc(-c2ccccc2)cc1. The highest BCUT2D eigenvalue weighted by atomic mass is 16.3. The summed E-state index contributed by atoms with van der Waals surface area (Å²) in [6, 6.07) is 52.7. The molecule has 0 amide bonds. The number of nitrogens with zero attached hydrogens (tertiary/aromatic N) is 2. The van der Waals surface area contributed by atoms with Crippen molar-refractivity contribution in [2.45, 2.75) is 6.92 Å². The zero-order chi connectivity index (χ0) is 31.3. The minimum absolute atomic E-state index is 0.646. The van der Waals surface area contributed by atoms with E-state index in [-0.39, 0.29) is 0 Å². The molecule has 3 nitrogen and oxygen atoms in total. The molecule has 0 bridgehead atoms. The van der Waals surface area contributed by atoms with Crippen molar-refractivity contribution in [1.29, 1.82) is 0 Å². The quantitative estimate of drug-likeness (QED) is 0.185. The van der Waals surface area contributed by atoms with Gasteiger partial charge in [-0.1, -0.05) is 139 Å². The van der Waals surface area contributed by atoms with Gasteiger partial charge in [-0.2, -0.15) is 0 Å². The first kappa shape index (κ1) is 27.1. The van der Waals surface area contributed by atoms with Crippen LogP contribution in [-0.4, -0.2) is 11.5 Å². The molecule has 0 fully saturated rings. The van der Waals surface area contributed by atoms with Crippen molar-refractivity contribution in [3.63, 3.8) is 0 Å². The molecule has 0 saturated carbocycles. The van der Waals surface area contributed by atoms with Gasteiger partial charge in [-0.15, -0.1) is 0 Å². The Balaban J connectivity index is 1.27. The van der Waals surface area contributed by atoms with E-state index in [1.807, 2.05) is 18.2 Å². The maximum absolute atomic E-state index is 6.53. The van der Waals surface area contributed by atoms with Crippen LogP contribution < -0.4 is 0 Å². The van der Waals surface area contributed by atoms with Crippen molar-refractivity contribution in [3.8, 4) is 11.1 Å². The predicted octanol–water partition coefficient (Wildman–Crippen LogP) is 11.4. The second-order valence-electron chi connectivity index (χ2n) is 11.9. The van der Waals surface area contributed by atoms with E-state index in [1.54, 1.807) is 0 Å². The Hall–Kier alpha value is -6.28. The smallest absolute Gasteiger partial charge is 0.161 e. The number of furan rings is 1. The third-order valence-corrected chi connectivity index (χ3v) is 9.01. The summed E-state index contributed by atoms with van der Waals surface area (Å²) < 4.78 is 6.53. The molecule has 0 unspecified atom stereocenters. The summed E-state index contributed by atoms with van der Waals surface area (Å²) in [5.41, 5.74) is 13.2. The Labute approximate surface area is 272 Å².